The summed E-state index contributed by atoms with van der Waals surface area (Å²) in [5, 5.41) is 0. The van der Waals surface area contributed by atoms with Gasteiger partial charge in [-0.05, 0) is 43.0 Å². The van der Waals surface area contributed by atoms with Crippen LogP contribution in [0.25, 0.3) is 0 Å². The zero-order chi connectivity index (χ0) is 18.2. The number of benzene rings is 2. The minimum atomic E-state index is -0.331. The second kappa shape index (κ2) is 9.18. The largest absolute Gasteiger partial charge is 0.462 e. The first kappa shape index (κ1) is 18.2. The van der Waals surface area contributed by atoms with Gasteiger partial charge in [0.2, 0.25) is 0 Å². The van der Waals surface area contributed by atoms with Crippen LogP contribution in [0, 0.1) is 11.8 Å². The van der Waals surface area contributed by atoms with Gasteiger partial charge in [-0.2, -0.15) is 0 Å². The molecule has 0 aromatic heterocycles. The Labute approximate surface area is 154 Å². The van der Waals surface area contributed by atoms with Crippen LogP contribution in [0.4, 0.5) is 0 Å². The summed E-state index contributed by atoms with van der Waals surface area (Å²) in [6.07, 6.45) is 4.55. The number of carbonyl (C=O) groups excluding carboxylic acids is 2. The fourth-order valence-electron chi connectivity index (χ4n) is 3.43. The quantitative estimate of drug-likeness (QED) is 0.688. The average Bonchev–Trinajstić information content (AvgIpc) is 3.23. The predicted molar refractivity (Wildman–Crippen MR) is 98.9 cm³/mol. The van der Waals surface area contributed by atoms with Crippen molar-refractivity contribution >= 4 is 11.9 Å². The molecule has 0 aliphatic heterocycles. The molecule has 1 aliphatic carbocycles. The van der Waals surface area contributed by atoms with Gasteiger partial charge in [-0.1, -0.05) is 49.2 Å². The van der Waals surface area contributed by atoms with E-state index in [0.29, 0.717) is 17.0 Å². The Morgan fingerprint density at radius 2 is 1.19 bits per heavy atom. The number of esters is 2. The molecule has 2 aromatic carbocycles. The average molecular weight is 352 g/mol. The maximum absolute atomic E-state index is 12.2. The van der Waals surface area contributed by atoms with E-state index in [9.17, 15) is 9.59 Å². The maximum Gasteiger partial charge on any atom is 0.338 e. The van der Waals surface area contributed by atoms with Gasteiger partial charge >= 0.3 is 11.9 Å². The van der Waals surface area contributed by atoms with Crippen molar-refractivity contribution in [2.24, 2.45) is 11.8 Å². The molecule has 1 fully saturated rings. The van der Waals surface area contributed by atoms with E-state index in [2.05, 4.69) is 0 Å². The molecule has 0 amide bonds. The van der Waals surface area contributed by atoms with Crippen LogP contribution in [0.3, 0.4) is 0 Å². The second-order valence-corrected chi connectivity index (χ2v) is 6.73. The van der Waals surface area contributed by atoms with Crippen molar-refractivity contribution in [2.75, 3.05) is 13.2 Å². The van der Waals surface area contributed by atoms with E-state index < -0.39 is 0 Å². The van der Waals surface area contributed by atoms with Crippen LogP contribution in [0.2, 0.25) is 0 Å². The fourth-order valence-corrected chi connectivity index (χ4v) is 3.43. The number of carbonyl (C=O) groups is 2. The lowest BCUT2D eigenvalue weighted by atomic mass is 9.92. The molecule has 3 rings (SSSR count). The Morgan fingerprint density at radius 1 is 0.769 bits per heavy atom. The first-order valence-electron chi connectivity index (χ1n) is 9.18. The molecule has 0 N–H and O–H groups in total. The summed E-state index contributed by atoms with van der Waals surface area (Å²) in [6.45, 7) is 0.556. The molecule has 0 unspecified atom stereocenters. The Hall–Kier alpha value is -2.62. The summed E-state index contributed by atoms with van der Waals surface area (Å²) < 4.78 is 11.0. The van der Waals surface area contributed by atoms with Crippen LogP contribution in [0.15, 0.2) is 60.7 Å². The molecular weight excluding hydrogens is 328 g/mol. The Kier molecular flexibility index (Phi) is 6.42. The highest BCUT2D eigenvalue weighted by molar-refractivity contribution is 5.89. The summed E-state index contributed by atoms with van der Waals surface area (Å²) in [5.41, 5.74) is 1.08. The van der Waals surface area contributed by atoms with Gasteiger partial charge in [0.25, 0.3) is 0 Å². The highest BCUT2D eigenvalue weighted by Crippen LogP contribution is 2.32. The van der Waals surface area contributed by atoms with Crippen molar-refractivity contribution in [3.05, 3.63) is 71.8 Å². The number of hydrogen-bond acceptors (Lipinski definition) is 4. The molecule has 0 bridgehead atoms. The predicted octanol–water partition coefficient (Wildman–Crippen LogP) is 4.51. The molecule has 0 radical (unpaired) electrons. The van der Waals surface area contributed by atoms with E-state index in [4.69, 9.17) is 9.47 Å². The van der Waals surface area contributed by atoms with E-state index in [1.165, 1.54) is 12.8 Å². The highest BCUT2D eigenvalue weighted by atomic mass is 16.5. The lowest BCUT2D eigenvalue weighted by Crippen LogP contribution is -2.26. The van der Waals surface area contributed by atoms with Crippen molar-refractivity contribution in [1.29, 1.82) is 0 Å². The van der Waals surface area contributed by atoms with Crippen molar-refractivity contribution in [1.82, 2.24) is 0 Å². The van der Waals surface area contributed by atoms with Crippen LogP contribution in [0.1, 0.15) is 46.4 Å². The van der Waals surface area contributed by atoms with E-state index >= 15 is 0 Å². The van der Waals surface area contributed by atoms with E-state index in [-0.39, 0.29) is 31.1 Å². The lowest BCUT2D eigenvalue weighted by Gasteiger charge is -2.23. The lowest BCUT2D eigenvalue weighted by molar-refractivity contribution is 0.0164. The van der Waals surface area contributed by atoms with Crippen molar-refractivity contribution in [2.45, 2.75) is 25.7 Å². The molecule has 1 saturated carbocycles. The van der Waals surface area contributed by atoms with Gasteiger partial charge in [0.1, 0.15) is 0 Å². The topological polar surface area (TPSA) is 52.6 Å². The summed E-state index contributed by atoms with van der Waals surface area (Å²) >= 11 is 0. The van der Waals surface area contributed by atoms with Crippen LogP contribution < -0.4 is 0 Å². The smallest absolute Gasteiger partial charge is 0.338 e. The third kappa shape index (κ3) is 4.94. The molecule has 0 saturated heterocycles. The highest BCUT2D eigenvalue weighted by Gasteiger charge is 2.28. The molecule has 26 heavy (non-hydrogen) atoms. The van der Waals surface area contributed by atoms with Crippen LogP contribution in [-0.4, -0.2) is 25.2 Å². The standard InChI is InChI=1S/C22H24O4/c23-21(18-11-3-1-4-12-18)25-15-20(17-9-7-8-10-17)16-26-22(24)19-13-5-2-6-14-19/h1-6,11-14,17,20H,7-10,15-16H2. The van der Waals surface area contributed by atoms with Gasteiger partial charge in [-0.15, -0.1) is 0 Å². The first-order chi connectivity index (χ1) is 12.7. The van der Waals surface area contributed by atoms with Crippen LogP contribution in [-0.2, 0) is 9.47 Å². The molecule has 2 aromatic rings. The number of rotatable bonds is 7. The monoisotopic (exact) mass is 352 g/mol. The van der Waals surface area contributed by atoms with Crippen molar-refractivity contribution in [3.63, 3.8) is 0 Å². The van der Waals surface area contributed by atoms with Crippen LogP contribution >= 0.6 is 0 Å². The van der Waals surface area contributed by atoms with E-state index in [1.54, 1.807) is 24.3 Å². The maximum atomic E-state index is 12.2. The van der Waals surface area contributed by atoms with Gasteiger partial charge < -0.3 is 9.47 Å². The summed E-state index contributed by atoms with van der Waals surface area (Å²) in [4.78, 5) is 24.4. The van der Waals surface area contributed by atoms with Gasteiger partial charge in [-0.3, -0.25) is 0 Å². The minimum Gasteiger partial charge on any atom is -0.462 e. The molecule has 4 heteroatoms. The van der Waals surface area contributed by atoms with Gasteiger partial charge in [0.15, 0.2) is 0 Å². The normalized spacial score (nSPS) is 14.3. The molecule has 0 atom stereocenters. The van der Waals surface area contributed by atoms with Crippen molar-refractivity contribution in [3.8, 4) is 0 Å². The molecule has 0 spiro atoms. The minimum absolute atomic E-state index is 0.0397. The van der Waals surface area contributed by atoms with E-state index in [1.807, 2.05) is 36.4 Å². The molecule has 1 aliphatic rings. The Balaban J connectivity index is 1.57. The summed E-state index contributed by atoms with van der Waals surface area (Å²) in [5.74, 6) is -0.189. The van der Waals surface area contributed by atoms with Gasteiger partial charge in [-0.25, -0.2) is 9.59 Å². The molecular formula is C22H24O4. The molecule has 0 heterocycles. The zero-order valence-corrected chi connectivity index (χ0v) is 14.8. The third-order valence-electron chi connectivity index (χ3n) is 4.94. The third-order valence-corrected chi connectivity index (χ3v) is 4.94. The van der Waals surface area contributed by atoms with Crippen LogP contribution in [0.5, 0.6) is 0 Å². The second-order valence-electron chi connectivity index (χ2n) is 6.73. The molecule has 136 valence electrons. The SMILES string of the molecule is O=C(OCC(COC(=O)c1ccccc1)C1CCCC1)c1ccccc1. The van der Waals surface area contributed by atoms with Gasteiger partial charge in [0.05, 0.1) is 24.3 Å². The summed E-state index contributed by atoms with van der Waals surface area (Å²) in [6, 6.07) is 17.9. The summed E-state index contributed by atoms with van der Waals surface area (Å²) in [7, 11) is 0. The Morgan fingerprint density at radius 3 is 1.62 bits per heavy atom. The zero-order valence-electron chi connectivity index (χ0n) is 14.8. The number of ether oxygens (including phenoxy) is 2. The number of hydrogen-bond donors (Lipinski definition) is 0. The fraction of sp³-hybridized carbons (Fsp3) is 0.364. The molecule has 4 nitrogen and oxygen atoms in total. The first-order valence-corrected chi connectivity index (χ1v) is 9.18. The van der Waals surface area contributed by atoms with E-state index in [0.717, 1.165) is 12.8 Å². The van der Waals surface area contributed by atoms with Gasteiger partial charge in [0, 0.05) is 5.92 Å². The Bertz CT molecular complexity index is 650. The van der Waals surface area contributed by atoms with Crippen molar-refractivity contribution < 1.29 is 19.1 Å².